The zero-order chi connectivity index (χ0) is 29.7. The molecule has 0 unspecified atom stereocenters. The number of carbonyl (C=O) groups is 1. The number of pyridine rings is 1. The van der Waals surface area contributed by atoms with E-state index >= 15 is 0 Å². The predicted octanol–water partition coefficient (Wildman–Crippen LogP) is 5.28. The van der Waals surface area contributed by atoms with Crippen molar-refractivity contribution in [2.45, 2.75) is 86.5 Å². The molecule has 0 aliphatic carbocycles. The Hall–Kier alpha value is -2.55. The summed E-state index contributed by atoms with van der Waals surface area (Å²) in [6.45, 7) is 17.0. The van der Waals surface area contributed by atoms with E-state index in [0.717, 1.165) is 99.1 Å². The van der Waals surface area contributed by atoms with Crippen LogP contribution in [0.15, 0.2) is 23.2 Å². The first kappa shape index (κ1) is 33.7. The number of carbonyl (C=O) groups excluding carboxylic acids is 1. The number of aliphatic hydroxyl groups is 2. The minimum Gasteiger partial charge on any atom is -0.396 e. The van der Waals surface area contributed by atoms with Crippen LogP contribution in [0.25, 0.3) is 10.9 Å². The van der Waals surface area contributed by atoms with Gasteiger partial charge < -0.3 is 20.8 Å². The van der Waals surface area contributed by atoms with Crippen LogP contribution >= 0.6 is 0 Å². The highest BCUT2D eigenvalue weighted by molar-refractivity contribution is 5.93. The molecule has 1 amide bonds. The average molecular weight is 556 g/mol. The minimum absolute atomic E-state index is 0.0694. The van der Waals surface area contributed by atoms with Gasteiger partial charge in [-0.05, 0) is 69.7 Å². The van der Waals surface area contributed by atoms with Gasteiger partial charge in [-0.3, -0.25) is 14.7 Å². The Morgan fingerprint density at radius 3 is 2.33 bits per heavy atom. The lowest BCUT2D eigenvalue weighted by Gasteiger charge is -2.34. The molecule has 40 heavy (non-hydrogen) atoms. The van der Waals surface area contributed by atoms with E-state index in [4.69, 9.17) is 20.9 Å². The van der Waals surface area contributed by atoms with Crippen LogP contribution in [0.3, 0.4) is 0 Å². The molecule has 3 rings (SSSR count). The lowest BCUT2D eigenvalue weighted by Crippen LogP contribution is -2.48. The van der Waals surface area contributed by atoms with E-state index in [1.807, 2.05) is 25.7 Å². The third-order valence-corrected chi connectivity index (χ3v) is 8.08. The van der Waals surface area contributed by atoms with Crippen LogP contribution in [0.5, 0.6) is 0 Å². The number of nitrogen functional groups attached to an aromatic ring is 1. The largest absolute Gasteiger partial charge is 0.396 e. The standard InChI is InChI=1S/C26H39N5O.C6H14O2/c1-5-7-9-19(3)28-25-20(4)22-12-11-21(18-23(22)29-26(25)27)10-8-13-30-14-16-31(17-15-30)24(32)6-2;1-3-6(2,4-7)5-8/h11-12,18H,5-10,13-17H2,1-4H3,(H2,27,29);7-8H,3-5H2,1-2H3. The van der Waals surface area contributed by atoms with E-state index in [1.165, 1.54) is 5.56 Å². The number of anilines is 1. The topological polar surface area (TPSA) is 115 Å². The highest BCUT2D eigenvalue weighted by Crippen LogP contribution is 2.32. The zero-order valence-corrected chi connectivity index (χ0v) is 25.8. The molecule has 1 aliphatic heterocycles. The van der Waals surface area contributed by atoms with Gasteiger partial charge in [-0.1, -0.05) is 46.2 Å². The maximum Gasteiger partial charge on any atom is 0.222 e. The van der Waals surface area contributed by atoms with Crippen LogP contribution < -0.4 is 5.73 Å². The van der Waals surface area contributed by atoms with Crippen molar-refractivity contribution >= 4 is 34.0 Å². The molecule has 0 saturated carbocycles. The molecular weight excluding hydrogens is 502 g/mol. The zero-order valence-electron chi connectivity index (χ0n) is 25.8. The van der Waals surface area contributed by atoms with Crippen molar-refractivity contribution < 1.29 is 15.0 Å². The highest BCUT2D eigenvalue weighted by Gasteiger charge is 2.20. The third kappa shape index (κ3) is 9.82. The number of unbranched alkanes of at least 4 members (excludes halogenated alkanes) is 1. The second kappa shape index (κ2) is 16.7. The lowest BCUT2D eigenvalue weighted by atomic mass is 9.90. The Labute approximate surface area is 241 Å². The van der Waals surface area contributed by atoms with Crippen molar-refractivity contribution in [2.75, 3.05) is 51.7 Å². The number of piperazine rings is 1. The molecule has 224 valence electrons. The van der Waals surface area contributed by atoms with Gasteiger partial charge in [-0.25, -0.2) is 4.98 Å². The molecule has 1 saturated heterocycles. The summed E-state index contributed by atoms with van der Waals surface area (Å²) in [6.07, 6.45) is 6.84. The van der Waals surface area contributed by atoms with Crippen LogP contribution in [0.2, 0.25) is 0 Å². The molecule has 8 heteroatoms. The summed E-state index contributed by atoms with van der Waals surface area (Å²) in [5.74, 6) is 0.787. The fraction of sp³-hybridized carbons (Fsp3) is 0.656. The molecule has 4 N–H and O–H groups in total. The number of nitrogens with two attached hydrogens (primary N) is 1. The van der Waals surface area contributed by atoms with Crippen molar-refractivity contribution in [3.05, 3.63) is 29.3 Å². The number of aromatic nitrogens is 1. The second-order valence-electron chi connectivity index (χ2n) is 11.4. The van der Waals surface area contributed by atoms with Gasteiger partial charge in [0.1, 0.15) is 11.5 Å². The van der Waals surface area contributed by atoms with Crippen molar-refractivity contribution in [2.24, 2.45) is 10.4 Å². The molecule has 0 bridgehead atoms. The summed E-state index contributed by atoms with van der Waals surface area (Å²) in [5.41, 5.74) is 11.3. The first-order valence-corrected chi connectivity index (χ1v) is 15.1. The predicted molar refractivity (Wildman–Crippen MR) is 167 cm³/mol. The minimum atomic E-state index is -0.264. The van der Waals surface area contributed by atoms with Gasteiger partial charge in [-0.2, -0.15) is 0 Å². The summed E-state index contributed by atoms with van der Waals surface area (Å²) in [6, 6.07) is 6.55. The van der Waals surface area contributed by atoms with Crippen molar-refractivity contribution in [1.82, 2.24) is 14.8 Å². The number of nitrogens with zero attached hydrogens (tertiary/aromatic N) is 4. The summed E-state index contributed by atoms with van der Waals surface area (Å²) >= 11 is 0. The molecule has 0 spiro atoms. The monoisotopic (exact) mass is 555 g/mol. The molecule has 8 nitrogen and oxygen atoms in total. The fourth-order valence-electron chi connectivity index (χ4n) is 4.69. The number of rotatable bonds is 12. The number of aliphatic imine (C=N–C) groups is 1. The first-order chi connectivity index (χ1) is 19.1. The van der Waals surface area contributed by atoms with Crippen LogP contribution in [-0.2, 0) is 11.2 Å². The van der Waals surface area contributed by atoms with Gasteiger partial charge in [0.05, 0.1) is 18.7 Å². The molecule has 2 heterocycles. The Morgan fingerprint density at radius 2 is 1.77 bits per heavy atom. The molecule has 1 aromatic carbocycles. The van der Waals surface area contributed by atoms with Crippen LogP contribution in [0.1, 0.15) is 84.3 Å². The molecule has 2 aromatic rings. The van der Waals surface area contributed by atoms with Crippen molar-refractivity contribution in [3.63, 3.8) is 0 Å². The number of fused-ring (bicyclic) bond motifs is 1. The number of hydrogen-bond acceptors (Lipinski definition) is 7. The number of benzene rings is 1. The fourth-order valence-corrected chi connectivity index (χ4v) is 4.69. The first-order valence-electron chi connectivity index (χ1n) is 15.1. The van der Waals surface area contributed by atoms with E-state index in [9.17, 15) is 4.79 Å². The summed E-state index contributed by atoms with van der Waals surface area (Å²) in [7, 11) is 0. The van der Waals surface area contributed by atoms with Crippen LogP contribution in [0, 0.1) is 12.3 Å². The highest BCUT2D eigenvalue weighted by atomic mass is 16.3. The van der Waals surface area contributed by atoms with Gasteiger partial charge in [0.25, 0.3) is 0 Å². The number of amides is 1. The molecule has 0 atom stereocenters. The van der Waals surface area contributed by atoms with Crippen LogP contribution in [0.4, 0.5) is 11.5 Å². The lowest BCUT2D eigenvalue weighted by molar-refractivity contribution is -0.132. The smallest absolute Gasteiger partial charge is 0.222 e. The molecule has 1 aliphatic rings. The maximum absolute atomic E-state index is 11.8. The van der Waals surface area contributed by atoms with Gasteiger partial charge in [0, 0.05) is 49.1 Å². The van der Waals surface area contributed by atoms with Gasteiger partial charge in [0.2, 0.25) is 5.91 Å². The molecule has 1 aromatic heterocycles. The average Bonchev–Trinajstić information content (AvgIpc) is 2.98. The molecule has 1 fully saturated rings. The van der Waals surface area contributed by atoms with Crippen molar-refractivity contribution in [1.29, 1.82) is 0 Å². The normalized spacial score (nSPS) is 14.8. The van der Waals surface area contributed by atoms with Gasteiger partial charge >= 0.3 is 0 Å². The summed E-state index contributed by atoms with van der Waals surface area (Å²) < 4.78 is 0. The molecular formula is C32H53N5O3. The van der Waals surface area contributed by atoms with Crippen LogP contribution in [-0.4, -0.2) is 82.6 Å². The van der Waals surface area contributed by atoms with E-state index in [1.54, 1.807) is 0 Å². The Bertz CT molecular complexity index is 1100. The quantitative estimate of drug-likeness (QED) is 0.307. The number of aryl methyl sites for hydroxylation is 2. The van der Waals surface area contributed by atoms with E-state index < -0.39 is 0 Å². The summed E-state index contributed by atoms with van der Waals surface area (Å²) in [4.78, 5) is 25.8. The second-order valence-corrected chi connectivity index (χ2v) is 11.4. The molecule has 0 radical (unpaired) electrons. The van der Waals surface area contributed by atoms with E-state index in [-0.39, 0.29) is 24.5 Å². The Morgan fingerprint density at radius 1 is 1.10 bits per heavy atom. The van der Waals surface area contributed by atoms with E-state index in [0.29, 0.717) is 12.2 Å². The number of aliphatic hydroxyl groups excluding tert-OH is 2. The SMILES string of the molecule is CCC(C)(CO)CO.CCCCC(C)=Nc1c(N)nc2cc(CCCN3CCN(C(=O)CC)CC3)ccc2c1C. The van der Waals surface area contributed by atoms with Crippen molar-refractivity contribution in [3.8, 4) is 0 Å². The number of hydrogen-bond donors (Lipinski definition) is 3. The van der Waals surface area contributed by atoms with Gasteiger partial charge in [0.15, 0.2) is 0 Å². The Kier molecular flexibility index (Phi) is 14.0. The Balaban J connectivity index is 0.000000611. The van der Waals surface area contributed by atoms with E-state index in [2.05, 4.69) is 48.9 Å². The summed E-state index contributed by atoms with van der Waals surface area (Å²) in [5, 5.41) is 18.4. The van der Waals surface area contributed by atoms with Gasteiger partial charge in [-0.15, -0.1) is 0 Å². The third-order valence-electron chi connectivity index (χ3n) is 8.08. The maximum atomic E-state index is 11.8.